The van der Waals surface area contributed by atoms with Crippen LogP contribution >= 0.6 is 0 Å². The Labute approximate surface area is 118 Å². The van der Waals surface area contributed by atoms with Gasteiger partial charge in [0.15, 0.2) is 0 Å². The number of fused-ring (bicyclic) bond motifs is 1. The van der Waals surface area contributed by atoms with E-state index < -0.39 is 0 Å². The molecule has 0 radical (unpaired) electrons. The second-order valence-electron chi connectivity index (χ2n) is 5.71. The molecule has 3 rings (SSSR count). The predicted molar refractivity (Wildman–Crippen MR) is 83.8 cm³/mol. The van der Waals surface area contributed by atoms with Gasteiger partial charge in [-0.2, -0.15) is 0 Å². The number of nitrogens with one attached hydrogen (secondary N) is 1. The summed E-state index contributed by atoms with van der Waals surface area (Å²) in [7, 11) is 0. The van der Waals surface area contributed by atoms with Crippen molar-refractivity contribution in [3.8, 4) is 0 Å². The van der Waals surface area contributed by atoms with Gasteiger partial charge in [-0.25, -0.2) is 0 Å². The van der Waals surface area contributed by atoms with Crippen molar-refractivity contribution in [1.29, 1.82) is 0 Å². The lowest BCUT2D eigenvalue weighted by atomic mass is 9.96. The van der Waals surface area contributed by atoms with E-state index in [0.29, 0.717) is 11.6 Å². The highest BCUT2D eigenvalue weighted by Crippen LogP contribution is 2.20. The number of aromatic amines is 1. The van der Waals surface area contributed by atoms with Crippen LogP contribution in [0.2, 0.25) is 0 Å². The van der Waals surface area contributed by atoms with Crippen LogP contribution in [0.3, 0.4) is 0 Å². The highest BCUT2D eigenvalue weighted by atomic mass is 16.1. The summed E-state index contributed by atoms with van der Waals surface area (Å²) in [5.41, 5.74) is 2.68. The minimum absolute atomic E-state index is 0.0547. The summed E-state index contributed by atoms with van der Waals surface area (Å²) in [6.07, 6.45) is 7.91. The average molecular weight is 268 g/mol. The minimum Gasteiger partial charge on any atom is -0.321 e. The molecule has 3 heteroatoms. The van der Waals surface area contributed by atoms with E-state index in [4.69, 9.17) is 0 Å². The first-order chi connectivity index (χ1) is 9.72. The molecular weight excluding hydrogens is 248 g/mol. The summed E-state index contributed by atoms with van der Waals surface area (Å²) in [6, 6.07) is 8.38. The molecule has 0 saturated heterocycles. The van der Waals surface area contributed by atoms with Gasteiger partial charge < -0.3 is 4.98 Å². The van der Waals surface area contributed by atoms with Crippen molar-refractivity contribution in [3.05, 3.63) is 45.7 Å². The quantitative estimate of drug-likeness (QED) is 0.831. The summed E-state index contributed by atoms with van der Waals surface area (Å²) in [4.78, 5) is 19.6. The third kappa shape index (κ3) is 2.82. The van der Waals surface area contributed by atoms with Crippen molar-refractivity contribution in [2.45, 2.75) is 45.1 Å². The highest BCUT2D eigenvalue weighted by molar-refractivity contribution is 5.87. The van der Waals surface area contributed by atoms with Gasteiger partial charge in [-0.3, -0.25) is 9.79 Å². The largest absolute Gasteiger partial charge is 0.321 e. The van der Waals surface area contributed by atoms with Crippen LogP contribution in [0, 0.1) is 6.92 Å². The molecule has 3 nitrogen and oxygen atoms in total. The number of benzene rings is 1. The zero-order chi connectivity index (χ0) is 13.9. The molecule has 1 saturated carbocycles. The van der Waals surface area contributed by atoms with Crippen molar-refractivity contribution in [2.24, 2.45) is 4.99 Å². The van der Waals surface area contributed by atoms with Gasteiger partial charge in [-0.1, -0.05) is 30.9 Å². The van der Waals surface area contributed by atoms with Gasteiger partial charge in [0.25, 0.3) is 5.56 Å². The first-order valence-corrected chi connectivity index (χ1v) is 7.39. The Balaban J connectivity index is 1.92. The predicted octanol–water partition coefficient (Wildman–Crippen LogP) is 3.59. The van der Waals surface area contributed by atoms with Gasteiger partial charge in [-0.15, -0.1) is 0 Å². The van der Waals surface area contributed by atoms with E-state index in [2.05, 4.69) is 23.0 Å². The summed E-state index contributed by atoms with van der Waals surface area (Å²) in [5, 5.41) is 1.06. The molecule has 0 amide bonds. The van der Waals surface area contributed by atoms with Crippen LogP contribution in [-0.4, -0.2) is 17.2 Å². The molecule has 0 spiro atoms. The third-order valence-electron chi connectivity index (χ3n) is 4.03. The van der Waals surface area contributed by atoms with Crippen LogP contribution in [0.5, 0.6) is 0 Å². The molecule has 1 aromatic heterocycles. The Kier molecular flexibility index (Phi) is 3.68. The molecule has 1 fully saturated rings. The second-order valence-corrected chi connectivity index (χ2v) is 5.71. The van der Waals surface area contributed by atoms with Crippen molar-refractivity contribution in [3.63, 3.8) is 0 Å². The Morgan fingerprint density at radius 3 is 2.80 bits per heavy atom. The normalized spacial score (nSPS) is 17.1. The van der Waals surface area contributed by atoms with E-state index in [1.54, 1.807) is 6.21 Å². The summed E-state index contributed by atoms with van der Waals surface area (Å²) < 4.78 is 0. The number of H-pyrrole nitrogens is 1. The Morgan fingerprint density at radius 2 is 2.00 bits per heavy atom. The zero-order valence-corrected chi connectivity index (χ0v) is 11.9. The number of aliphatic imine (C=N–C) groups is 1. The van der Waals surface area contributed by atoms with Gasteiger partial charge in [0.05, 0.1) is 5.56 Å². The highest BCUT2D eigenvalue weighted by Gasteiger charge is 2.11. The van der Waals surface area contributed by atoms with Gasteiger partial charge in [0.1, 0.15) is 0 Å². The first-order valence-electron chi connectivity index (χ1n) is 7.39. The Hall–Kier alpha value is -1.90. The number of rotatable bonds is 2. The van der Waals surface area contributed by atoms with Gasteiger partial charge in [-0.05, 0) is 43.4 Å². The van der Waals surface area contributed by atoms with Crippen LogP contribution in [0.4, 0.5) is 0 Å². The topological polar surface area (TPSA) is 45.2 Å². The van der Waals surface area contributed by atoms with E-state index in [-0.39, 0.29) is 5.56 Å². The molecule has 2 aromatic rings. The van der Waals surface area contributed by atoms with E-state index >= 15 is 0 Å². The summed E-state index contributed by atoms with van der Waals surface area (Å²) >= 11 is 0. The van der Waals surface area contributed by atoms with Crippen LogP contribution in [0.25, 0.3) is 10.9 Å². The summed E-state index contributed by atoms with van der Waals surface area (Å²) in [6.45, 7) is 2.06. The van der Waals surface area contributed by atoms with E-state index in [9.17, 15) is 4.79 Å². The van der Waals surface area contributed by atoms with Crippen molar-refractivity contribution >= 4 is 17.1 Å². The summed E-state index contributed by atoms with van der Waals surface area (Å²) in [5.74, 6) is 0. The number of hydrogen-bond donors (Lipinski definition) is 1. The Bertz CT molecular complexity index is 694. The molecule has 0 aliphatic heterocycles. The zero-order valence-electron chi connectivity index (χ0n) is 11.9. The van der Waals surface area contributed by atoms with Gasteiger partial charge >= 0.3 is 0 Å². The number of nitrogens with zero attached hydrogens (tertiary/aromatic N) is 1. The van der Waals surface area contributed by atoms with Crippen LogP contribution < -0.4 is 5.56 Å². The molecule has 1 N–H and O–H groups in total. The fourth-order valence-electron chi connectivity index (χ4n) is 2.85. The Morgan fingerprint density at radius 1 is 1.20 bits per heavy atom. The molecule has 1 aromatic carbocycles. The maximum Gasteiger partial charge on any atom is 0.257 e. The molecular formula is C17H20N2O. The maximum atomic E-state index is 12.0. The lowest BCUT2D eigenvalue weighted by Gasteiger charge is -2.16. The maximum absolute atomic E-state index is 12.0. The van der Waals surface area contributed by atoms with Gasteiger partial charge in [0, 0.05) is 17.8 Å². The molecule has 1 aliphatic carbocycles. The van der Waals surface area contributed by atoms with E-state index in [1.807, 2.05) is 18.2 Å². The van der Waals surface area contributed by atoms with Gasteiger partial charge in [0.2, 0.25) is 0 Å². The van der Waals surface area contributed by atoms with E-state index in [0.717, 1.165) is 23.7 Å². The van der Waals surface area contributed by atoms with E-state index in [1.165, 1.54) is 24.8 Å². The molecule has 20 heavy (non-hydrogen) atoms. The standard InChI is InChI=1S/C17H20N2O/c1-12-7-8-16-13(9-12)10-14(17(20)19-16)11-18-15-5-3-2-4-6-15/h7-11,15H,2-6H2,1H3,(H,19,20). The lowest BCUT2D eigenvalue weighted by Crippen LogP contribution is -2.14. The molecule has 0 unspecified atom stereocenters. The minimum atomic E-state index is -0.0547. The number of aryl methyl sites for hydroxylation is 1. The molecule has 1 aliphatic rings. The fraction of sp³-hybridized carbons (Fsp3) is 0.412. The average Bonchev–Trinajstić information content (AvgIpc) is 2.46. The number of hydrogen-bond acceptors (Lipinski definition) is 2. The van der Waals surface area contributed by atoms with Crippen LogP contribution in [0.1, 0.15) is 43.2 Å². The lowest BCUT2D eigenvalue weighted by molar-refractivity contribution is 0.444. The van der Waals surface area contributed by atoms with Crippen LogP contribution in [0.15, 0.2) is 34.1 Å². The SMILES string of the molecule is Cc1ccc2[nH]c(=O)c(C=NC3CCCCC3)cc2c1. The number of aromatic nitrogens is 1. The fourth-order valence-corrected chi connectivity index (χ4v) is 2.85. The third-order valence-corrected chi connectivity index (χ3v) is 4.03. The number of pyridine rings is 1. The monoisotopic (exact) mass is 268 g/mol. The van der Waals surface area contributed by atoms with Crippen LogP contribution in [-0.2, 0) is 0 Å². The second kappa shape index (κ2) is 5.61. The van der Waals surface area contributed by atoms with Crippen molar-refractivity contribution in [1.82, 2.24) is 4.98 Å². The molecule has 0 atom stereocenters. The first kappa shape index (κ1) is 13.1. The smallest absolute Gasteiger partial charge is 0.257 e. The van der Waals surface area contributed by atoms with Crippen molar-refractivity contribution in [2.75, 3.05) is 0 Å². The molecule has 1 heterocycles. The molecule has 0 bridgehead atoms. The molecule has 104 valence electrons. The van der Waals surface area contributed by atoms with Crippen molar-refractivity contribution < 1.29 is 0 Å².